The highest BCUT2D eigenvalue weighted by molar-refractivity contribution is 5.79. The molecule has 1 N–H and O–H groups in total. The Labute approximate surface area is 138 Å². The molecule has 1 fully saturated rings. The summed E-state index contributed by atoms with van der Waals surface area (Å²) in [5, 5.41) is 3.40. The second kappa shape index (κ2) is 11.8. The van der Waals surface area contributed by atoms with E-state index in [0.29, 0.717) is 0 Å². The van der Waals surface area contributed by atoms with Gasteiger partial charge in [0.25, 0.3) is 0 Å². The summed E-state index contributed by atoms with van der Waals surface area (Å²) in [6.07, 6.45) is 7.73. The maximum absolute atomic E-state index is 4.78. The number of nitrogens with one attached hydrogen (secondary N) is 1. The number of hydrogen-bond acceptors (Lipinski definition) is 2. The highest BCUT2D eigenvalue weighted by atomic mass is 15.3. The van der Waals surface area contributed by atoms with Crippen molar-refractivity contribution in [3.8, 4) is 0 Å². The molecule has 0 spiro atoms. The van der Waals surface area contributed by atoms with Gasteiger partial charge in [-0.2, -0.15) is 0 Å². The van der Waals surface area contributed by atoms with E-state index in [1.165, 1.54) is 58.2 Å². The average Bonchev–Trinajstić information content (AvgIpc) is 2.51. The molecule has 22 heavy (non-hydrogen) atoms. The van der Waals surface area contributed by atoms with Crippen LogP contribution < -0.4 is 5.32 Å². The highest BCUT2D eigenvalue weighted by Gasteiger charge is 2.15. The molecule has 0 saturated carbocycles. The van der Waals surface area contributed by atoms with Gasteiger partial charge in [0.2, 0.25) is 0 Å². The molecule has 0 aromatic carbocycles. The Kier molecular flexibility index (Phi) is 10.3. The number of unbranched alkanes of at least 4 members (excludes halogenated alkanes) is 2. The molecule has 1 unspecified atom stereocenters. The van der Waals surface area contributed by atoms with Gasteiger partial charge in [-0.3, -0.25) is 4.99 Å². The van der Waals surface area contributed by atoms with Crippen LogP contribution in [0, 0.1) is 5.92 Å². The van der Waals surface area contributed by atoms with Crippen LogP contribution in [0.5, 0.6) is 0 Å². The molecular weight excluding hydrogens is 272 g/mol. The van der Waals surface area contributed by atoms with Crippen LogP contribution >= 0.6 is 0 Å². The molecule has 1 saturated heterocycles. The van der Waals surface area contributed by atoms with Gasteiger partial charge < -0.3 is 15.1 Å². The molecule has 0 radical (unpaired) electrons. The fraction of sp³-hybridized carbons (Fsp3) is 0.944. The van der Waals surface area contributed by atoms with E-state index < -0.39 is 0 Å². The summed E-state index contributed by atoms with van der Waals surface area (Å²) in [5.74, 6) is 1.96. The molecule has 0 aromatic rings. The first-order valence-electron chi connectivity index (χ1n) is 9.39. The molecule has 0 aromatic heterocycles. The topological polar surface area (TPSA) is 30.9 Å². The monoisotopic (exact) mass is 310 g/mol. The molecule has 4 heteroatoms. The maximum Gasteiger partial charge on any atom is 0.193 e. The van der Waals surface area contributed by atoms with Gasteiger partial charge in [0.1, 0.15) is 0 Å². The third-order valence-electron chi connectivity index (χ3n) is 4.43. The summed E-state index contributed by atoms with van der Waals surface area (Å²) in [7, 11) is 2.15. The molecule has 0 aliphatic carbocycles. The minimum Gasteiger partial charge on any atom is -0.357 e. The molecule has 1 aliphatic heterocycles. The number of likely N-dealkylation sites (tertiary alicyclic amines) is 1. The van der Waals surface area contributed by atoms with E-state index in [0.717, 1.165) is 31.5 Å². The van der Waals surface area contributed by atoms with E-state index in [1.54, 1.807) is 0 Å². The van der Waals surface area contributed by atoms with Crippen LogP contribution in [0.4, 0.5) is 0 Å². The molecule has 130 valence electrons. The van der Waals surface area contributed by atoms with Gasteiger partial charge in [0, 0.05) is 33.2 Å². The van der Waals surface area contributed by atoms with Crippen molar-refractivity contribution in [2.45, 2.75) is 59.3 Å². The molecular formula is C18H38N4. The predicted octanol–water partition coefficient (Wildman–Crippen LogP) is 3.20. The van der Waals surface area contributed by atoms with Crippen LogP contribution in [-0.4, -0.2) is 62.1 Å². The van der Waals surface area contributed by atoms with Crippen molar-refractivity contribution in [2.24, 2.45) is 10.9 Å². The van der Waals surface area contributed by atoms with Gasteiger partial charge in [-0.1, -0.05) is 20.3 Å². The third kappa shape index (κ3) is 8.02. The van der Waals surface area contributed by atoms with Gasteiger partial charge in [-0.25, -0.2) is 0 Å². The van der Waals surface area contributed by atoms with E-state index in [4.69, 9.17) is 4.99 Å². The first-order chi connectivity index (χ1) is 10.7. The molecule has 4 nitrogen and oxygen atoms in total. The zero-order valence-corrected chi connectivity index (χ0v) is 15.4. The van der Waals surface area contributed by atoms with Crippen molar-refractivity contribution >= 4 is 5.96 Å². The second-order valence-corrected chi connectivity index (χ2v) is 6.77. The van der Waals surface area contributed by atoms with Gasteiger partial charge in [-0.15, -0.1) is 0 Å². The number of piperidine rings is 1. The summed E-state index contributed by atoms with van der Waals surface area (Å²) >= 11 is 0. The standard InChI is InChI=1S/C18H38N4/c1-5-7-13-21(4)18(19-6-2)20-12-8-9-14-22-15-10-11-17(3)16-22/h17H,5-16H2,1-4H3,(H,19,20). The zero-order valence-electron chi connectivity index (χ0n) is 15.4. The third-order valence-corrected chi connectivity index (χ3v) is 4.43. The highest BCUT2D eigenvalue weighted by Crippen LogP contribution is 2.15. The summed E-state index contributed by atoms with van der Waals surface area (Å²) in [6, 6.07) is 0. The van der Waals surface area contributed by atoms with Crippen molar-refractivity contribution in [2.75, 3.05) is 46.3 Å². The van der Waals surface area contributed by atoms with Gasteiger partial charge in [0.15, 0.2) is 5.96 Å². The summed E-state index contributed by atoms with van der Waals surface area (Å²) in [5.41, 5.74) is 0. The van der Waals surface area contributed by atoms with Crippen LogP contribution in [0.3, 0.4) is 0 Å². The van der Waals surface area contributed by atoms with Crippen LogP contribution in [0.2, 0.25) is 0 Å². The number of nitrogens with zero attached hydrogens (tertiary/aromatic N) is 3. The quantitative estimate of drug-likeness (QED) is 0.403. The first kappa shape index (κ1) is 19.3. The molecule has 0 bridgehead atoms. The van der Waals surface area contributed by atoms with Gasteiger partial charge >= 0.3 is 0 Å². The van der Waals surface area contributed by atoms with Gasteiger partial charge in [0.05, 0.1) is 0 Å². The molecule has 1 heterocycles. The Morgan fingerprint density at radius 2 is 2.09 bits per heavy atom. The lowest BCUT2D eigenvalue weighted by Gasteiger charge is -2.30. The lowest BCUT2D eigenvalue weighted by molar-refractivity contribution is 0.181. The Bertz CT molecular complexity index is 303. The smallest absolute Gasteiger partial charge is 0.193 e. The predicted molar refractivity (Wildman–Crippen MR) is 97.6 cm³/mol. The zero-order chi connectivity index (χ0) is 16.2. The number of hydrogen-bond donors (Lipinski definition) is 1. The normalized spacial score (nSPS) is 20.2. The summed E-state index contributed by atoms with van der Waals surface area (Å²) in [4.78, 5) is 9.68. The number of rotatable bonds is 9. The van der Waals surface area contributed by atoms with Crippen molar-refractivity contribution in [1.29, 1.82) is 0 Å². The van der Waals surface area contributed by atoms with Crippen molar-refractivity contribution in [1.82, 2.24) is 15.1 Å². The van der Waals surface area contributed by atoms with Crippen molar-refractivity contribution < 1.29 is 0 Å². The maximum atomic E-state index is 4.78. The lowest BCUT2D eigenvalue weighted by atomic mass is 10.0. The van der Waals surface area contributed by atoms with Crippen molar-refractivity contribution in [3.05, 3.63) is 0 Å². The minimum absolute atomic E-state index is 0.888. The van der Waals surface area contributed by atoms with Crippen LogP contribution in [-0.2, 0) is 0 Å². The SMILES string of the molecule is CCCCN(C)C(=NCCCCN1CCCC(C)C1)NCC. The molecule has 1 rings (SSSR count). The van der Waals surface area contributed by atoms with Crippen LogP contribution in [0.15, 0.2) is 4.99 Å². The lowest BCUT2D eigenvalue weighted by Crippen LogP contribution is -2.39. The van der Waals surface area contributed by atoms with Crippen LogP contribution in [0.1, 0.15) is 59.3 Å². The van der Waals surface area contributed by atoms with Crippen LogP contribution in [0.25, 0.3) is 0 Å². The minimum atomic E-state index is 0.888. The van der Waals surface area contributed by atoms with E-state index in [2.05, 4.69) is 42.9 Å². The first-order valence-corrected chi connectivity index (χ1v) is 9.39. The fourth-order valence-electron chi connectivity index (χ4n) is 3.09. The average molecular weight is 311 g/mol. The largest absolute Gasteiger partial charge is 0.357 e. The Balaban J connectivity index is 2.22. The molecule has 1 aliphatic rings. The summed E-state index contributed by atoms with van der Waals surface area (Å²) < 4.78 is 0. The molecule has 0 amide bonds. The van der Waals surface area contributed by atoms with Crippen molar-refractivity contribution in [3.63, 3.8) is 0 Å². The van der Waals surface area contributed by atoms with E-state index in [9.17, 15) is 0 Å². The second-order valence-electron chi connectivity index (χ2n) is 6.77. The number of guanidine groups is 1. The Morgan fingerprint density at radius 3 is 2.77 bits per heavy atom. The van der Waals surface area contributed by atoms with E-state index in [1.807, 2.05) is 0 Å². The Morgan fingerprint density at radius 1 is 1.27 bits per heavy atom. The summed E-state index contributed by atoms with van der Waals surface area (Å²) in [6.45, 7) is 13.6. The number of aliphatic imine (C=N–C) groups is 1. The Hall–Kier alpha value is -0.770. The van der Waals surface area contributed by atoms with E-state index in [-0.39, 0.29) is 0 Å². The van der Waals surface area contributed by atoms with Gasteiger partial charge in [-0.05, 0) is 58.0 Å². The van der Waals surface area contributed by atoms with E-state index >= 15 is 0 Å². The molecule has 1 atom stereocenters. The fourth-order valence-corrected chi connectivity index (χ4v) is 3.09.